The third kappa shape index (κ3) is 1.65. The highest BCUT2D eigenvalue weighted by Gasteiger charge is 1.93. The fourth-order valence-corrected chi connectivity index (χ4v) is 0.598. The van der Waals surface area contributed by atoms with Crippen molar-refractivity contribution in [3.63, 3.8) is 0 Å². The summed E-state index contributed by atoms with van der Waals surface area (Å²) in [5.74, 6) is 0.230. The molecule has 0 bridgehead atoms. The average molecular weight is 140 g/mol. The molecule has 0 atom stereocenters. The van der Waals surface area contributed by atoms with Gasteiger partial charge in [-0.2, -0.15) is 0 Å². The van der Waals surface area contributed by atoms with Crippen molar-refractivity contribution in [3.05, 3.63) is 23.8 Å². The molecule has 0 heterocycles. The summed E-state index contributed by atoms with van der Waals surface area (Å²) < 4.78 is 0. The van der Waals surface area contributed by atoms with E-state index in [1.54, 1.807) is 13.0 Å². The van der Waals surface area contributed by atoms with E-state index in [2.05, 4.69) is 0 Å². The molecule has 0 fully saturated rings. The van der Waals surface area contributed by atoms with Crippen LogP contribution in [0.5, 0.6) is 11.5 Å². The Hall–Kier alpha value is -1.18. The number of phenols is 2. The number of hydrogen-bond donors (Lipinski definition) is 2. The molecule has 0 amide bonds. The summed E-state index contributed by atoms with van der Waals surface area (Å²) in [6, 6.07) is 4.51. The van der Waals surface area contributed by atoms with E-state index in [0.29, 0.717) is 0 Å². The normalized spacial score (nSPS) is 8.50. The van der Waals surface area contributed by atoms with Crippen molar-refractivity contribution in [3.8, 4) is 11.5 Å². The van der Waals surface area contributed by atoms with Crippen LogP contribution in [0.4, 0.5) is 0 Å². The maximum absolute atomic E-state index is 8.94. The molecule has 56 valence electrons. The van der Waals surface area contributed by atoms with E-state index < -0.39 is 0 Å². The van der Waals surface area contributed by atoms with Gasteiger partial charge in [-0.1, -0.05) is 13.5 Å². The lowest BCUT2D eigenvalue weighted by atomic mass is 10.2. The summed E-state index contributed by atoms with van der Waals surface area (Å²) in [7, 11) is 0. The van der Waals surface area contributed by atoms with Crippen molar-refractivity contribution in [2.75, 3.05) is 0 Å². The van der Waals surface area contributed by atoms with Crippen molar-refractivity contribution < 1.29 is 10.2 Å². The number of aromatic hydroxyl groups is 2. The highest BCUT2D eigenvalue weighted by atomic mass is 16.3. The number of benzene rings is 1. The van der Waals surface area contributed by atoms with E-state index in [4.69, 9.17) is 10.2 Å². The van der Waals surface area contributed by atoms with Crippen molar-refractivity contribution in [2.24, 2.45) is 0 Å². The molecule has 0 aliphatic carbocycles. The summed E-state index contributed by atoms with van der Waals surface area (Å²) in [5, 5.41) is 17.7. The summed E-state index contributed by atoms with van der Waals surface area (Å²) in [6.07, 6.45) is 0. The van der Waals surface area contributed by atoms with Gasteiger partial charge in [-0.25, -0.2) is 0 Å². The average Bonchev–Trinajstić information content (AvgIpc) is 1.80. The van der Waals surface area contributed by atoms with Gasteiger partial charge in [-0.15, -0.1) is 0 Å². The molecule has 0 aliphatic rings. The maximum atomic E-state index is 8.94. The fraction of sp³-hybridized carbons (Fsp3) is 0.250. The lowest BCUT2D eigenvalue weighted by Crippen LogP contribution is -1.71. The Morgan fingerprint density at radius 1 is 1.20 bits per heavy atom. The van der Waals surface area contributed by atoms with E-state index in [9.17, 15) is 0 Å². The molecule has 0 aliphatic heterocycles. The van der Waals surface area contributed by atoms with Gasteiger partial charge in [0.2, 0.25) is 0 Å². The van der Waals surface area contributed by atoms with E-state index in [1.165, 1.54) is 12.1 Å². The predicted octanol–water partition coefficient (Wildman–Crippen LogP) is 2.04. The highest BCUT2D eigenvalue weighted by Crippen LogP contribution is 2.20. The molecule has 0 spiro atoms. The molecule has 0 saturated carbocycles. The topological polar surface area (TPSA) is 40.5 Å². The van der Waals surface area contributed by atoms with Gasteiger partial charge in [0.1, 0.15) is 11.5 Å². The molecule has 0 saturated heterocycles. The zero-order valence-electron chi connectivity index (χ0n) is 5.13. The minimum Gasteiger partial charge on any atom is -0.508 e. The molecule has 2 heteroatoms. The smallest absolute Gasteiger partial charge is 0.122 e. The van der Waals surface area contributed by atoms with Crippen molar-refractivity contribution in [1.29, 1.82) is 0 Å². The number of phenolic OH excluding ortho intramolecular Hbond substituents is 2. The maximum Gasteiger partial charge on any atom is 0.122 e. The van der Waals surface area contributed by atoms with E-state index >= 15 is 0 Å². The lowest BCUT2D eigenvalue weighted by molar-refractivity contribution is 0.448. The summed E-state index contributed by atoms with van der Waals surface area (Å²) >= 11 is 0. The van der Waals surface area contributed by atoms with Crippen LogP contribution in [-0.4, -0.2) is 10.2 Å². The molecule has 1 aromatic carbocycles. The van der Waals surface area contributed by atoms with Gasteiger partial charge < -0.3 is 10.2 Å². The van der Waals surface area contributed by atoms with Gasteiger partial charge in [0, 0.05) is 6.07 Å². The van der Waals surface area contributed by atoms with Crippen molar-refractivity contribution in [2.45, 2.75) is 14.4 Å². The Labute approximate surface area is 60.8 Å². The van der Waals surface area contributed by atoms with E-state index in [-0.39, 0.29) is 18.9 Å². The van der Waals surface area contributed by atoms with Gasteiger partial charge in [0.15, 0.2) is 0 Å². The molecular weight excluding hydrogens is 128 g/mol. The molecule has 10 heavy (non-hydrogen) atoms. The second-order valence-electron chi connectivity index (χ2n) is 1.97. The van der Waals surface area contributed by atoms with Crippen LogP contribution in [0.15, 0.2) is 18.2 Å². The largest absolute Gasteiger partial charge is 0.508 e. The quantitative estimate of drug-likeness (QED) is 0.579. The minimum atomic E-state index is 0. The van der Waals surface area contributed by atoms with Gasteiger partial charge in [-0.3, -0.25) is 0 Å². The monoisotopic (exact) mass is 140 g/mol. The first kappa shape index (κ1) is 8.82. The Bertz CT molecular complexity index is 218. The highest BCUT2D eigenvalue weighted by molar-refractivity contribution is 5.37. The van der Waals surface area contributed by atoms with Crippen LogP contribution in [0.3, 0.4) is 0 Å². The standard InChI is InChI=1S/C7H8O2.CH4/c1-5-2-3-6(8)4-7(5)9;/h2-4,8-9H,1H3;1H4. The molecule has 0 radical (unpaired) electrons. The Morgan fingerprint density at radius 3 is 2.20 bits per heavy atom. The molecule has 2 nitrogen and oxygen atoms in total. The predicted molar refractivity (Wildman–Crippen MR) is 41.2 cm³/mol. The number of hydrogen-bond acceptors (Lipinski definition) is 2. The molecule has 0 aromatic heterocycles. The van der Waals surface area contributed by atoms with Gasteiger partial charge in [0.25, 0.3) is 0 Å². The van der Waals surface area contributed by atoms with Crippen LogP contribution in [-0.2, 0) is 0 Å². The van der Waals surface area contributed by atoms with Crippen LogP contribution < -0.4 is 0 Å². The second kappa shape index (κ2) is 3.11. The van der Waals surface area contributed by atoms with Crippen molar-refractivity contribution in [1.82, 2.24) is 0 Å². The number of aryl methyl sites for hydroxylation is 1. The third-order valence-corrected chi connectivity index (χ3v) is 1.19. The third-order valence-electron chi connectivity index (χ3n) is 1.19. The summed E-state index contributed by atoms with van der Waals surface area (Å²) in [4.78, 5) is 0. The fourth-order valence-electron chi connectivity index (χ4n) is 0.598. The molecular formula is C8H12O2. The van der Waals surface area contributed by atoms with Gasteiger partial charge in [0.05, 0.1) is 0 Å². The SMILES string of the molecule is C.Cc1ccc(O)cc1O. The molecule has 1 rings (SSSR count). The first-order valence-corrected chi connectivity index (χ1v) is 2.69. The van der Waals surface area contributed by atoms with E-state index in [1.807, 2.05) is 0 Å². The van der Waals surface area contributed by atoms with Crippen LogP contribution in [0, 0.1) is 6.92 Å². The van der Waals surface area contributed by atoms with Crippen LogP contribution >= 0.6 is 0 Å². The molecule has 1 aromatic rings. The van der Waals surface area contributed by atoms with Crippen LogP contribution in [0.2, 0.25) is 0 Å². The summed E-state index contributed by atoms with van der Waals surface area (Å²) in [6.45, 7) is 1.77. The van der Waals surface area contributed by atoms with E-state index in [0.717, 1.165) is 5.56 Å². The van der Waals surface area contributed by atoms with Crippen LogP contribution in [0.1, 0.15) is 13.0 Å². The molecule has 0 unspecified atom stereocenters. The zero-order chi connectivity index (χ0) is 6.85. The minimum absolute atomic E-state index is 0. The first-order valence-electron chi connectivity index (χ1n) is 2.69. The Kier molecular flexibility index (Phi) is 2.74. The second-order valence-corrected chi connectivity index (χ2v) is 1.97. The Balaban J connectivity index is 0.000000810. The Morgan fingerprint density at radius 2 is 1.80 bits per heavy atom. The van der Waals surface area contributed by atoms with Gasteiger partial charge >= 0.3 is 0 Å². The van der Waals surface area contributed by atoms with Crippen molar-refractivity contribution >= 4 is 0 Å². The lowest BCUT2D eigenvalue weighted by Gasteiger charge is -1.96. The van der Waals surface area contributed by atoms with Gasteiger partial charge in [-0.05, 0) is 18.6 Å². The number of rotatable bonds is 0. The first-order chi connectivity index (χ1) is 4.20. The zero-order valence-corrected chi connectivity index (χ0v) is 5.13. The van der Waals surface area contributed by atoms with Crippen LogP contribution in [0.25, 0.3) is 0 Å². The summed E-state index contributed by atoms with van der Waals surface area (Å²) in [5.41, 5.74) is 0.771. The molecule has 2 N–H and O–H groups in total.